The van der Waals surface area contributed by atoms with Gasteiger partial charge in [0.15, 0.2) is 10.6 Å². The lowest BCUT2D eigenvalue weighted by molar-refractivity contribution is -0.125. The molecule has 1 unspecified atom stereocenters. The number of benzene rings is 3. The van der Waals surface area contributed by atoms with Crippen LogP contribution in [0.1, 0.15) is 45.3 Å². The molecule has 0 bridgehead atoms. The normalized spacial score (nSPS) is 14.6. The second-order valence-corrected chi connectivity index (χ2v) is 14.2. The fourth-order valence-electron chi connectivity index (χ4n) is 5.38. The van der Waals surface area contributed by atoms with Crippen molar-refractivity contribution in [2.45, 2.75) is 37.7 Å². The number of primary amides is 1. The third-order valence-corrected chi connectivity index (χ3v) is 11.5. The Morgan fingerprint density at radius 2 is 1.75 bits per heavy atom. The first-order valence-electron chi connectivity index (χ1n) is 14.0. The number of nitrogens with one attached hydrogen (secondary N) is 1. The van der Waals surface area contributed by atoms with Gasteiger partial charge in [-0.15, -0.1) is 11.3 Å². The Bertz CT molecular complexity index is 1770. The topological polar surface area (TPSA) is 139 Å². The lowest BCUT2D eigenvalue weighted by Crippen LogP contribution is -2.46. The predicted octanol–water partition coefficient (Wildman–Crippen LogP) is 5.88. The number of aromatic carboxylic acids is 1. The summed E-state index contributed by atoms with van der Waals surface area (Å²) in [4.78, 5) is 25.2. The van der Waals surface area contributed by atoms with E-state index in [1.54, 1.807) is 48.5 Å². The Hall–Kier alpha value is -3.71. The molecule has 1 aliphatic rings. The van der Waals surface area contributed by atoms with Crippen LogP contribution in [0, 0.1) is 6.92 Å². The summed E-state index contributed by atoms with van der Waals surface area (Å²) < 4.78 is 35.8. The Morgan fingerprint density at radius 1 is 1.07 bits per heavy atom. The number of hydrogen-bond acceptors (Lipinski definition) is 7. The Balaban J connectivity index is 1.56. The Labute approximate surface area is 268 Å². The van der Waals surface area contributed by atoms with Gasteiger partial charge >= 0.3 is 5.97 Å². The number of thiophene rings is 1. The zero-order chi connectivity index (χ0) is 31.4. The average molecular weight is 699 g/mol. The SMILES string of the molecule is Cc1ccccc1C(Oc1c(C(=O)O)sc(-c2cccc(N(C3CCNCC3)S(=O)(=O)Cc3ccccc3)c2)c1Br)C(N)=O. The van der Waals surface area contributed by atoms with Gasteiger partial charge in [-0.3, -0.25) is 9.10 Å². The fourth-order valence-corrected chi connectivity index (χ4v) is 9.09. The molecule has 44 heavy (non-hydrogen) atoms. The summed E-state index contributed by atoms with van der Waals surface area (Å²) in [5, 5.41) is 13.4. The van der Waals surface area contributed by atoms with Gasteiger partial charge in [0.25, 0.3) is 5.91 Å². The summed E-state index contributed by atoms with van der Waals surface area (Å²) in [5.41, 5.74) is 8.77. The molecule has 2 heterocycles. The first kappa shape index (κ1) is 31.7. The molecule has 230 valence electrons. The zero-order valence-corrected chi connectivity index (χ0v) is 27.1. The van der Waals surface area contributed by atoms with Gasteiger partial charge in [-0.2, -0.15) is 0 Å². The van der Waals surface area contributed by atoms with Crippen LogP contribution in [0.5, 0.6) is 5.75 Å². The quantitative estimate of drug-likeness (QED) is 0.178. The van der Waals surface area contributed by atoms with E-state index in [2.05, 4.69) is 21.2 Å². The summed E-state index contributed by atoms with van der Waals surface area (Å²) in [6, 6.07) is 23.0. The van der Waals surface area contributed by atoms with Crippen LogP contribution in [-0.4, -0.2) is 44.5 Å². The highest BCUT2D eigenvalue weighted by Crippen LogP contribution is 2.48. The Morgan fingerprint density at radius 3 is 2.41 bits per heavy atom. The van der Waals surface area contributed by atoms with E-state index in [0.717, 1.165) is 16.9 Å². The molecule has 4 N–H and O–H groups in total. The van der Waals surface area contributed by atoms with E-state index in [-0.39, 0.29) is 22.4 Å². The number of piperidine rings is 1. The van der Waals surface area contributed by atoms with Crippen molar-refractivity contribution in [3.8, 4) is 16.2 Å². The van der Waals surface area contributed by atoms with E-state index in [0.29, 0.717) is 57.7 Å². The molecule has 1 amide bonds. The average Bonchev–Trinajstić information content (AvgIpc) is 3.33. The number of carbonyl (C=O) groups is 2. The van der Waals surface area contributed by atoms with Gasteiger partial charge in [0, 0.05) is 11.6 Å². The smallest absolute Gasteiger partial charge is 0.349 e. The standard InChI is InChI=1S/C32H32BrN3O6S2/c1-20-8-5-6-13-25(20)27(31(34)37)42-28-26(33)29(43-30(28)32(38)39)22-11-7-12-24(18-22)36(23-14-16-35-17-15-23)44(40,41)19-21-9-3-2-4-10-21/h2-13,18,23,27,35H,14-17,19H2,1H3,(H2,34,37)(H,38,39). The molecule has 1 atom stereocenters. The molecule has 1 fully saturated rings. The second kappa shape index (κ2) is 13.5. The van der Waals surface area contributed by atoms with Crippen molar-refractivity contribution in [1.29, 1.82) is 0 Å². The van der Waals surface area contributed by atoms with E-state index in [1.807, 2.05) is 37.3 Å². The summed E-state index contributed by atoms with van der Waals surface area (Å²) >= 11 is 4.49. The lowest BCUT2D eigenvalue weighted by atomic mass is 10.0. The predicted molar refractivity (Wildman–Crippen MR) is 176 cm³/mol. The van der Waals surface area contributed by atoms with Crippen molar-refractivity contribution < 1.29 is 27.9 Å². The van der Waals surface area contributed by atoms with Gasteiger partial charge in [0.2, 0.25) is 16.1 Å². The number of carboxylic acid groups (broad SMARTS) is 1. The number of rotatable bonds is 11. The molecular weight excluding hydrogens is 666 g/mol. The van der Waals surface area contributed by atoms with Crippen LogP contribution in [0.2, 0.25) is 0 Å². The van der Waals surface area contributed by atoms with Crippen molar-refractivity contribution in [3.63, 3.8) is 0 Å². The Kier molecular flexibility index (Phi) is 9.74. The minimum atomic E-state index is -3.79. The highest BCUT2D eigenvalue weighted by molar-refractivity contribution is 9.10. The van der Waals surface area contributed by atoms with Gasteiger partial charge in [0.05, 0.1) is 20.8 Å². The maximum Gasteiger partial charge on any atom is 0.349 e. The summed E-state index contributed by atoms with van der Waals surface area (Å²) in [6.07, 6.45) is 0.0725. The molecular formula is C32H32BrN3O6S2. The molecule has 0 radical (unpaired) electrons. The molecule has 0 saturated carbocycles. The molecule has 1 saturated heterocycles. The van der Waals surface area contributed by atoms with Crippen LogP contribution in [0.4, 0.5) is 5.69 Å². The molecule has 4 aromatic rings. The number of aryl methyl sites for hydroxylation is 1. The largest absolute Gasteiger partial charge is 0.477 e. The third kappa shape index (κ3) is 6.83. The number of carbonyl (C=O) groups excluding carboxylic acids is 1. The van der Waals surface area contributed by atoms with E-state index in [1.165, 1.54) is 4.31 Å². The van der Waals surface area contributed by atoms with Crippen LogP contribution in [0.3, 0.4) is 0 Å². The number of nitrogens with two attached hydrogens (primary N) is 1. The molecule has 12 heteroatoms. The zero-order valence-electron chi connectivity index (χ0n) is 23.9. The van der Waals surface area contributed by atoms with E-state index in [9.17, 15) is 23.1 Å². The van der Waals surface area contributed by atoms with Gasteiger partial charge < -0.3 is 20.9 Å². The van der Waals surface area contributed by atoms with Crippen LogP contribution >= 0.6 is 27.3 Å². The molecule has 0 aliphatic carbocycles. The van der Waals surface area contributed by atoms with Crippen LogP contribution in [0.15, 0.2) is 83.3 Å². The maximum atomic E-state index is 14.0. The second-order valence-electron chi connectivity index (χ2n) is 10.5. The number of nitrogens with zero attached hydrogens (tertiary/aromatic N) is 1. The fraction of sp³-hybridized carbons (Fsp3) is 0.250. The van der Waals surface area contributed by atoms with E-state index < -0.39 is 28.0 Å². The molecule has 9 nitrogen and oxygen atoms in total. The van der Waals surface area contributed by atoms with Crippen molar-refractivity contribution in [1.82, 2.24) is 5.32 Å². The summed E-state index contributed by atoms with van der Waals surface area (Å²) in [6.45, 7) is 3.21. The number of halogens is 1. The minimum absolute atomic E-state index is 0.0260. The van der Waals surface area contributed by atoms with Gasteiger partial charge in [-0.25, -0.2) is 13.2 Å². The van der Waals surface area contributed by atoms with E-state index in [4.69, 9.17) is 10.5 Å². The van der Waals surface area contributed by atoms with Crippen LogP contribution < -0.4 is 20.1 Å². The maximum absolute atomic E-state index is 14.0. The van der Waals surface area contributed by atoms with E-state index >= 15 is 0 Å². The van der Waals surface area contributed by atoms with Crippen molar-refractivity contribution >= 4 is 54.9 Å². The summed E-state index contributed by atoms with van der Waals surface area (Å²) in [7, 11) is -3.79. The van der Waals surface area contributed by atoms with Gasteiger partial charge in [0.1, 0.15) is 0 Å². The van der Waals surface area contributed by atoms with Gasteiger partial charge in [-0.1, -0.05) is 66.7 Å². The van der Waals surface area contributed by atoms with Crippen LogP contribution in [-0.2, 0) is 20.6 Å². The van der Waals surface area contributed by atoms with Crippen molar-refractivity contribution in [2.24, 2.45) is 5.73 Å². The first-order chi connectivity index (χ1) is 21.1. The number of carboxylic acids is 1. The molecule has 0 spiro atoms. The molecule has 1 aliphatic heterocycles. The number of amides is 1. The highest BCUT2D eigenvalue weighted by Gasteiger charge is 2.33. The van der Waals surface area contributed by atoms with Crippen molar-refractivity contribution in [2.75, 3.05) is 17.4 Å². The monoisotopic (exact) mass is 697 g/mol. The molecule has 1 aromatic heterocycles. The number of ether oxygens (including phenoxy) is 1. The number of anilines is 1. The minimum Gasteiger partial charge on any atom is -0.477 e. The lowest BCUT2D eigenvalue weighted by Gasteiger charge is -2.35. The molecule has 5 rings (SSSR count). The molecule has 3 aromatic carbocycles. The first-order valence-corrected chi connectivity index (χ1v) is 17.2. The third-order valence-electron chi connectivity index (χ3n) is 7.46. The number of hydrogen-bond donors (Lipinski definition) is 3. The van der Waals surface area contributed by atoms with Gasteiger partial charge in [-0.05, 0) is 77.6 Å². The highest BCUT2D eigenvalue weighted by atomic mass is 79.9. The van der Waals surface area contributed by atoms with Crippen molar-refractivity contribution in [3.05, 3.63) is 105 Å². The van der Waals surface area contributed by atoms with Crippen LogP contribution in [0.25, 0.3) is 10.4 Å². The summed E-state index contributed by atoms with van der Waals surface area (Å²) in [5.74, 6) is -2.18. The number of sulfonamides is 1.